The van der Waals surface area contributed by atoms with Gasteiger partial charge in [0.05, 0.1) is 0 Å². The van der Waals surface area contributed by atoms with Gasteiger partial charge < -0.3 is 0 Å². The topological polar surface area (TPSA) is 0 Å². The Labute approximate surface area is 124 Å². The van der Waals surface area contributed by atoms with Gasteiger partial charge in [-0.2, -0.15) is 0 Å². The summed E-state index contributed by atoms with van der Waals surface area (Å²) in [5.41, 5.74) is 4.93. The quantitative estimate of drug-likeness (QED) is 0.716. The molecule has 1 aliphatic carbocycles. The minimum atomic E-state index is 0.405. The molecule has 0 saturated heterocycles. The minimum absolute atomic E-state index is 0.405. The Balaban J connectivity index is 1.82. The predicted octanol–water partition coefficient (Wildman–Crippen LogP) is 5.19. The molecule has 0 nitrogen and oxygen atoms in total. The first kappa shape index (κ1) is 12.9. The van der Waals surface area contributed by atoms with E-state index >= 15 is 0 Å². The number of hydrogen-bond acceptors (Lipinski definition) is 0. The molecule has 0 aliphatic heterocycles. The average Bonchev–Trinajstić information content (AvgIpc) is 2.40. The summed E-state index contributed by atoms with van der Waals surface area (Å²) in [6.45, 7) is 2.44. The fraction of sp³-hybridized carbons (Fsp3) is 0.333. The van der Waals surface area contributed by atoms with Gasteiger partial charge in [0.1, 0.15) is 0 Å². The van der Waals surface area contributed by atoms with Crippen LogP contribution in [0.3, 0.4) is 0 Å². The maximum atomic E-state index is 3.57. The van der Waals surface area contributed by atoms with E-state index in [9.17, 15) is 0 Å². The van der Waals surface area contributed by atoms with Crippen LogP contribution in [0, 0.1) is 5.41 Å². The standard InChI is InChI=1S/C18H19Br/c1-18(12-14-5-3-2-4-6-14)10-9-15-11-17(19)8-7-16(15)13-18/h2-8,11H,9-10,12-13H2,1H3. The summed E-state index contributed by atoms with van der Waals surface area (Å²) in [7, 11) is 0. The lowest BCUT2D eigenvalue weighted by Gasteiger charge is -2.35. The molecule has 1 atom stereocenters. The maximum absolute atomic E-state index is 3.57. The molecule has 0 heterocycles. The molecule has 0 aromatic heterocycles. The second kappa shape index (κ2) is 5.13. The Kier molecular flexibility index (Phi) is 3.49. The Hall–Kier alpha value is -1.08. The van der Waals surface area contributed by atoms with E-state index < -0.39 is 0 Å². The van der Waals surface area contributed by atoms with Crippen LogP contribution in [0.5, 0.6) is 0 Å². The van der Waals surface area contributed by atoms with E-state index in [1.807, 2.05) is 0 Å². The van der Waals surface area contributed by atoms with Crippen molar-refractivity contribution in [1.29, 1.82) is 0 Å². The third-order valence-electron chi connectivity index (χ3n) is 4.26. The normalized spacial score (nSPS) is 22.0. The molecule has 2 aromatic carbocycles. The highest BCUT2D eigenvalue weighted by Gasteiger charge is 2.29. The van der Waals surface area contributed by atoms with E-state index in [-0.39, 0.29) is 0 Å². The van der Waals surface area contributed by atoms with Crippen LogP contribution in [0.1, 0.15) is 30.0 Å². The lowest BCUT2D eigenvalue weighted by atomic mass is 9.70. The molecule has 0 spiro atoms. The van der Waals surface area contributed by atoms with Gasteiger partial charge in [-0.25, -0.2) is 0 Å². The van der Waals surface area contributed by atoms with Crippen molar-refractivity contribution in [3.63, 3.8) is 0 Å². The first-order valence-electron chi connectivity index (χ1n) is 6.96. The lowest BCUT2D eigenvalue weighted by Crippen LogP contribution is -2.28. The van der Waals surface area contributed by atoms with Crippen LogP contribution >= 0.6 is 15.9 Å². The fourth-order valence-electron chi connectivity index (χ4n) is 3.22. The van der Waals surface area contributed by atoms with Gasteiger partial charge in [0, 0.05) is 4.47 Å². The fourth-order valence-corrected chi connectivity index (χ4v) is 3.63. The van der Waals surface area contributed by atoms with E-state index in [2.05, 4.69) is 71.4 Å². The van der Waals surface area contributed by atoms with Gasteiger partial charge >= 0.3 is 0 Å². The zero-order chi connectivity index (χ0) is 13.3. The molecule has 98 valence electrons. The first-order valence-corrected chi connectivity index (χ1v) is 7.75. The van der Waals surface area contributed by atoms with E-state index in [1.54, 1.807) is 0 Å². The first-order chi connectivity index (χ1) is 9.15. The van der Waals surface area contributed by atoms with Crippen LogP contribution < -0.4 is 0 Å². The van der Waals surface area contributed by atoms with Crippen molar-refractivity contribution >= 4 is 15.9 Å². The van der Waals surface area contributed by atoms with E-state index in [4.69, 9.17) is 0 Å². The third-order valence-corrected chi connectivity index (χ3v) is 4.75. The number of benzene rings is 2. The molecule has 1 aliphatic rings. The van der Waals surface area contributed by atoms with Crippen molar-refractivity contribution in [2.75, 3.05) is 0 Å². The van der Waals surface area contributed by atoms with Crippen LogP contribution in [-0.4, -0.2) is 0 Å². The molecule has 0 fully saturated rings. The highest BCUT2D eigenvalue weighted by Crippen LogP contribution is 2.38. The number of fused-ring (bicyclic) bond motifs is 1. The number of rotatable bonds is 2. The van der Waals surface area contributed by atoms with E-state index in [0.29, 0.717) is 5.41 Å². The van der Waals surface area contributed by atoms with Crippen LogP contribution in [0.4, 0.5) is 0 Å². The summed E-state index contributed by atoms with van der Waals surface area (Å²) in [5.74, 6) is 0. The molecule has 0 N–H and O–H groups in total. The third kappa shape index (κ3) is 2.92. The van der Waals surface area contributed by atoms with Crippen molar-refractivity contribution in [3.05, 3.63) is 69.7 Å². The number of halogens is 1. The van der Waals surface area contributed by atoms with Crippen molar-refractivity contribution in [2.24, 2.45) is 5.41 Å². The Morgan fingerprint density at radius 2 is 1.84 bits per heavy atom. The SMILES string of the molecule is CC1(Cc2ccccc2)CCc2cc(Br)ccc2C1. The minimum Gasteiger partial charge on any atom is -0.0622 e. The van der Waals surface area contributed by atoms with Gasteiger partial charge in [-0.3, -0.25) is 0 Å². The summed E-state index contributed by atoms with van der Waals surface area (Å²) in [6, 6.07) is 17.6. The molecule has 0 radical (unpaired) electrons. The average molecular weight is 315 g/mol. The largest absolute Gasteiger partial charge is 0.0622 e. The molecular weight excluding hydrogens is 296 g/mol. The van der Waals surface area contributed by atoms with E-state index in [1.165, 1.54) is 46.8 Å². The van der Waals surface area contributed by atoms with Crippen LogP contribution in [-0.2, 0) is 19.3 Å². The summed E-state index contributed by atoms with van der Waals surface area (Å²) >= 11 is 3.57. The summed E-state index contributed by atoms with van der Waals surface area (Å²) < 4.78 is 1.21. The van der Waals surface area contributed by atoms with Crippen LogP contribution in [0.2, 0.25) is 0 Å². The molecule has 2 aromatic rings. The van der Waals surface area contributed by atoms with Gasteiger partial charge in [0.2, 0.25) is 0 Å². The van der Waals surface area contributed by atoms with Gasteiger partial charge in [0.15, 0.2) is 0 Å². The molecule has 1 unspecified atom stereocenters. The predicted molar refractivity (Wildman–Crippen MR) is 84.4 cm³/mol. The molecule has 0 amide bonds. The highest BCUT2D eigenvalue weighted by molar-refractivity contribution is 9.10. The van der Waals surface area contributed by atoms with E-state index in [0.717, 1.165) is 0 Å². The molecule has 0 bridgehead atoms. The zero-order valence-corrected chi connectivity index (χ0v) is 12.9. The second-order valence-electron chi connectivity index (χ2n) is 6.06. The van der Waals surface area contributed by atoms with Crippen molar-refractivity contribution in [3.8, 4) is 0 Å². The molecule has 3 rings (SSSR count). The Bertz CT molecular complexity index is 573. The van der Waals surface area contributed by atoms with Gasteiger partial charge in [-0.1, -0.05) is 59.3 Å². The number of hydrogen-bond donors (Lipinski definition) is 0. The lowest BCUT2D eigenvalue weighted by molar-refractivity contribution is 0.276. The monoisotopic (exact) mass is 314 g/mol. The zero-order valence-electron chi connectivity index (χ0n) is 11.3. The van der Waals surface area contributed by atoms with Gasteiger partial charge in [-0.15, -0.1) is 0 Å². The smallest absolute Gasteiger partial charge is 0.0178 e. The Morgan fingerprint density at radius 1 is 1.05 bits per heavy atom. The summed E-state index contributed by atoms with van der Waals surface area (Å²) in [6.07, 6.45) is 4.87. The molecular formula is C18H19Br. The van der Waals surface area contributed by atoms with Crippen molar-refractivity contribution < 1.29 is 0 Å². The van der Waals surface area contributed by atoms with Crippen molar-refractivity contribution in [1.82, 2.24) is 0 Å². The summed E-state index contributed by atoms with van der Waals surface area (Å²) in [4.78, 5) is 0. The van der Waals surface area contributed by atoms with Crippen LogP contribution in [0.15, 0.2) is 53.0 Å². The number of aryl methyl sites for hydroxylation is 1. The molecule has 19 heavy (non-hydrogen) atoms. The molecule has 0 saturated carbocycles. The highest BCUT2D eigenvalue weighted by atomic mass is 79.9. The second-order valence-corrected chi connectivity index (χ2v) is 6.98. The maximum Gasteiger partial charge on any atom is 0.0178 e. The Morgan fingerprint density at radius 3 is 2.63 bits per heavy atom. The molecule has 1 heteroatoms. The summed E-state index contributed by atoms with van der Waals surface area (Å²) in [5, 5.41) is 0. The van der Waals surface area contributed by atoms with Crippen LogP contribution in [0.25, 0.3) is 0 Å². The van der Waals surface area contributed by atoms with Gasteiger partial charge in [-0.05, 0) is 59.9 Å². The van der Waals surface area contributed by atoms with Gasteiger partial charge in [0.25, 0.3) is 0 Å². The van der Waals surface area contributed by atoms with Crippen molar-refractivity contribution in [2.45, 2.75) is 32.6 Å².